The van der Waals surface area contributed by atoms with E-state index in [1.165, 1.54) is 0 Å². The molecule has 0 aliphatic carbocycles. The van der Waals surface area contributed by atoms with Gasteiger partial charge in [0.1, 0.15) is 0 Å². The van der Waals surface area contributed by atoms with Gasteiger partial charge < -0.3 is 0 Å². The van der Waals surface area contributed by atoms with Crippen molar-refractivity contribution in [3.05, 3.63) is 34.9 Å². The second kappa shape index (κ2) is 5.89. The molecule has 3 heteroatoms. The largest absolute Gasteiger partial charge is 0.296 e. The molecular formula is C15H19FO2. The standard InChI is InChI=1S/C15H19FO2/c1-5-9(2)14(17)13(16)15(18)12-8-6-7-10(3)11(12)4/h6-9,13H,5H2,1-4H3. The third kappa shape index (κ3) is 2.84. The van der Waals surface area contributed by atoms with Gasteiger partial charge >= 0.3 is 0 Å². The zero-order chi connectivity index (χ0) is 13.9. The normalized spacial score (nSPS) is 14.1. The smallest absolute Gasteiger partial charge is 0.221 e. The Kier molecular flexibility index (Phi) is 4.76. The minimum Gasteiger partial charge on any atom is -0.296 e. The van der Waals surface area contributed by atoms with Gasteiger partial charge in [0.15, 0.2) is 5.78 Å². The Morgan fingerprint density at radius 2 is 1.89 bits per heavy atom. The van der Waals surface area contributed by atoms with Crippen LogP contribution in [-0.2, 0) is 4.79 Å². The Morgan fingerprint density at radius 3 is 2.44 bits per heavy atom. The number of rotatable bonds is 5. The molecule has 0 bridgehead atoms. The molecule has 1 aromatic rings. The van der Waals surface area contributed by atoms with Crippen LogP contribution in [0.5, 0.6) is 0 Å². The van der Waals surface area contributed by atoms with Gasteiger partial charge in [0.05, 0.1) is 0 Å². The van der Waals surface area contributed by atoms with Gasteiger partial charge in [-0.15, -0.1) is 0 Å². The fraction of sp³-hybridized carbons (Fsp3) is 0.467. The van der Waals surface area contributed by atoms with E-state index in [0.717, 1.165) is 11.1 Å². The van der Waals surface area contributed by atoms with Crippen molar-refractivity contribution in [2.24, 2.45) is 5.92 Å². The maximum absolute atomic E-state index is 13.9. The summed E-state index contributed by atoms with van der Waals surface area (Å²) in [5, 5.41) is 0. The van der Waals surface area contributed by atoms with E-state index < -0.39 is 23.7 Å². The van der Waals surface area contributed by atoms with Crippen molar-refractivity contribution >= 4 is 11.6 Å². The lowest BCUT2D eigenvalue weighted by Gasteiger charge is -2.13. The number of aryl methyl sites for hydroxylation is 1. The van der Waals surface area contributed by atoms with Crippen molar-refractivity contribution in [1.29, 1.82) is 0 Å². The van der Waals surface area contributed by atoms with E-state index in [-0.39, 0.29) is 0 Å². The summed E-state index contributed by atoms with van der Waals surface area (Å²) in [6, 6.07) is 5.13. The van der Waals surface area contributed by atoms with Crippen molar-refractivity contribution in [1.82, 2.24) is 0 Å². The van der Waals surface area contributed by atoms with E-state index in [9.17, 15) is 14.0 Å². The Labute approximate surface area is 107 Å². The molecule has 2 unspecified atom stereocenters. The van der Waals surface area contributed by atoms with Gasteiger partial charge in [-0.1, -0.05) is 32.0 Å². The lowest BCUT2D eigenvalue weighted by atomic mass is 9.92. The minimum atomic E-state index is -2.04. The lowest BCUT2D eigenvalue weighted by Crippen LogP contribution is -2.30. The molecule has 0 saturated carbocycles. The Bertz CT molecular complexity index is 466. The number of hydrogen-bond donors (Lipinski definition) is 0. The van der Waals surface area contributed by atoms with E-state index in [1.807, 2.05) is 13.0 Å². The summed E-state index contributed by atoms with van der Waals surface area (Å²) >= 11 is 0. The van der Waals surface area contributed by atoms with Crippen LogP contribution in [0.3, 0.4) is 0 Å². The summed E-state index contributed by atoms with van der Waals surface area (Å²) in [6.45, 7) is 7.07. The van der Waals surface area contributed by atoms with Crippen molar-refractivity contribution in [2.45, 2.75) is 40.3 Å². The summed E-state index contributed by atoms with van der Waals surface area (Å²) in [4.78, 5) is 23.7. The molecule has 0 radical (unpaired) electrons. The van der Waals surface area contributed by atoms with E-state index in [4.69, 9.17) is 0 Å². The van der Waals surface area contributed by atoms with Gasteiger partial charge in [-0.2, -0.15) is 0 Å². The molecule has 0 spiro atoms. The van der Waals surface area contributed by atoms with Crippen LogP contribution >= 0.6 is 0 Å². The number of carbonyl (C=O) groups excluding carboxylic acids is 2. The molecule has 98 valence electrons. The summed E-state index contributed by atoms with van der Waals surface area (Å²) < 4.78 is 13.9. The van der Waals surface area contributed by atoms with Gasteiger partial charge in [0, 0.05) is 11.5 Å². The number of Topliss-reactive ketones (excluding diaryl/α,β-unsaturated/α-hetero) is 2. The molecule has 1 aromatic carbocycles. The molecule has 1 rings (SSSR count). The SMILES string of the molecule is CCC(C)C(=O)C(F)C(=O)c1cccc(C)c1C. The zero-order valence-electron chi connectivity index (χ0n) is 11.3. The van der Waals surface area contributed by atoms with Crippen LogP contribution in [0.25, 0.3) is 0 Å². The Balaban J connectivity index is 3.01. The molecule has 0 aliphatic heterocycles. The number of halogens is 1. The second-order valence-electron chi connectivity index (χ2n) is 4.69. The molecule has 0 N–H and O–H groups in total. The fourth-order valence-corrected chi connectivity index (χ4v) is 1.73. The zero-order valence-corrected chi connectivity index (χ0v) is 11.3. The molecule has 2 nitrogen and oxygen atoms in total. The average molecular weight is 250 g/mol. The van der Waals surface area contributed by atoms with Crippen LogP contribution in [0.2, 0.25) is 0 Å². The predicted octanol–water partition coefficient (Wildman–Crippen LogP) is 3.44. The van der Waals surface area contributed by atoms with Crippen molar-refractivity contribution < 1.29 is 14.0 Å². The highest BCUT2D eigenvalue weighted by molar-refractivity contribution is 6.14. The molecule has 0 heterocycles. The third-order valence-corrected chi connectivity index (χ3v) is 3.45. The van der Waals surface area contributed by atoms with Crippen LogP contribution in [0.1, 0.15) is 41.8 Å². The number of benzene rings is 1. The molecule has 0 fully saturated rings. The average Bonchev–Trinajstić information content (AvgIpc) is 2.38. The van der Waals surface area contributed by atoms with Gasteiger partial charge in [0.25, 0.3) is 0 Å². The predicted molar refractivity (Wildman–Crippen MR) is 69.6 cm³/mol. The molecule has 0 aliphatic rings. The lowest BCUT2D eigenvalue weighted by molar-refractivity contribution is -0.125. The highest BCUT2D eigenvalue weighted by Crippen LogP contribution is 2.18. The summed E-state index contributed by atoms with van der Waals surface area (Å²) in [5.74, 6) is -1.76. The molecule has 18 heavy (non-hydrogen) atoms. The Hall–Kier alpha value is -1.51. The van der Waals surface area contributed by atoms with Crippen molar-refractivity contribution in [2.75, 3.05) is 0 Å². The van der Waals surface area contributed by atoms with Gasteiger partial charge in [-0.05, 0) is 31.4 Å². The molecule has 0 amide bonds. The Morgan fingerprint density at radius 1 is 1.28 bits per heavy atom. The second-order valence-corrected chi connectivity index (χ2v) is 4.69. The van der Waals surface area contributed by atoms with Crippen LogP contribution in [0.4, 0.5) is 4.39 Å². The van der Waals surface area contributed by atoms with Crippen LogP contribution in [-0.4, -0.2) is 17.7 Å². The number of alkyl halides is 1. The minimum absolute atomic E-state index is 0.305. The van der Waals surface area contributed by atoms with Gasteiger partial charge in [-0.3, -0.25) is 9.59 Å². The number of ketones is 2. The molecular weight excluding hydrogens is 231 g/mol. The topological polar surface area (TPSA) is 34.1 Å². The van der Waals surface area contributed by atoms with Crippen molar-refractivity contribution in [3.63, 3.8) is 0 Å². The number of carbonyl (C=O) groups is 2. The maximum Gasteiger partial charge on any atom is 0.221 e. The quantitative estimate of drug-likeness (QED) is 0.592. The highest BCUT2D eigenvalue weighted by Gasteiger charge is 2.30. The van der Waals surface area contributed by atoms with E-state index in [2.05, 4.69) is 0 Å². The monoisotopic (exact) mass is 250 g/mol. The molecule has 0 aromatic heterocycles. The first-order valence-electron chi connectivity index (χ1n) is 6.18. The molecule has 0 saturated heterocycles. The van der Waals surface area contributed by atoms with Gasteiger partial charge in [-0.25, -0.2) is 4.39 Å². The number of hydrogen-bond acceptors (Lipinski definition) is 2. The van der Waals surface area contributed by atoms with Crippen LogP contribution in [0, 0.1) is 19.8 Å². The van der Waals surface area contributed by atoms with E-state index in [0.29, 0.717) is 12.0 Å². The van der Waals surface area contributed by atoms with Crippen LogP contribution < -0.4 is 0 Å². The fourth-order valence-electron chi connectivity index (χ4n) is 1.73. The maximum atomic E-state index is 13.9. The summed E-state index contributed by atoms with van der Waals surface area (Å²) in [6.07, 6.45) is -1.50. The van der Waals surface area contributed by atoms with Gasteiger partial charge in [0.2, 0.25) is 12.0 Å². The first kappa shape index (κ1) is 14.6. The summed E-state index contributed by atoms with van der Waals surface area (Å²) in [5.41, 5.74) is 1.96. The first-order valence-corrected chi connectivity index (χ1v) is 6.18. The van der Waals surface area contributed by atoms with E-state index in [1.54, 1.807) is 32.9 Å². The first-order chi connectivity index (χ1) is 8.40. The van der Waals surface area contributed by atoms with Crippen molar-refractivity contribution in [3.8, 4) is 0 Å². The summed E-state index contributed by atoms with van der Waals surface area (Å²) in [7, 11) is 0. The molecule has 2 atom stereocenters. The van der Waals surface area contributed by atoms with Crippen LogP contribution in [0.15, 0.2) is 18.2 Å². The third-order valence-electron chi connectivity index (χ3n) is 3.45. The van der Waals surface area contributed by atoms with E-state index >= 15 is 0 Å². The highest BCUT2D eigenvalue weighted by atomic mass is 19.1.